The first-order valence-electron chi connectivity index (χ1n) is 33.9. The largest absolute Gasteiger partial charge is 0.481 e. The molecule has 13 atom stereocenters. The standard InChI is InChI=1S/C61H104N22O19/c1-32(65)48(89)78-41(27-47(87)88)54(95)81-43(30-85)56(97)75-38(18-19-46(66)86)52(93)79-40(26-34-28-69-31-71-34)53(94)80-42(29-84)55(96)72-33(2)58(99)83-25-11-17-45(83)59(100)82-24-10-16-44(82)57(98)76-37(14-5-8-22-64)50(91)73-35(12-3-6-20-62)49(90)74-36(13-4-7-21-63)51(92)77-39(60(101)102)15-9-23-70-61(67)68/h28,31-33,35-45,84-85H,3-27,29-30,62-65H2,1-2H3,(H2,66,86)(H,69,71)(H,72,96)(H,73,91)(H,74,90)(H,75,97)(H,76,98)(H,77,92)(H,78,89)(H,79,93)(H,80,94)(H,81,95)(H,87,88)(H,101,102)(H4,67,68,70)/t32-,33-,35-,36-,37-,38-,39-,40-,41-,42-,43-,44-,45-/m0/s1. The lowest BCUT2D eigenvalue weighted by Gasteiger charge is -2.33. The number of guanidine groups is 1. The first-order chi connectivity index (χ1) is 48.4. The Bertz CT molecular complexity index is 3030. The molecule has 0 bridgehead atoms. The Morgan fingerprint density at radius 3 is 1.41 bits per heavy atom. The van der Waals surface area contributed by atoms with Crippen LogP contribution < -0.4 is 93.3 Å². The Morgan fingerprint density at radius 2 is 0.951 bits per heavy atom. The number of aromatic amines is 1. The third-order valence-corrected chi connectivity index (χ3v) is 16.7. The molecule has 3 heterocycles. The summed E-state index contributed by atoms with van der Waals surface area (Å²) in [5, 5.41) is 64.0. The van der Waals surface area contributed by atoms with Crippen LogP contribution in [0.3, 0.4) is 0 Å². The van der Waals surface area contributed by atoms with Crippen molar-refractivity contribution in [1.29, 1.82) is 0 Å². The van der Waals surface area contributed by atoms with Crippen molar-refractivity contribution in [3.63, 3.8) is 0 Å². The minimum atomic E-state index is -1.90. The second-order valence-corrected chi connectivity index (χ2v) is 24.8. The molecule has 29 N–H and O–H groups in total. The number of amides is 13. The molecule has 2 fully saturated rings. The number of likely N-dealkylation sites (tertiary alicyclic amines) is 2. The number of nitrogens with two attached hydrogens (primary N) is 7. The average Bonchev–Trinajstić information content (AvgIpc) is 1.63. The van der Waals surface area contributed by atoms with Gasteiger partial charge in [-0.3, -0.25) is 72.1 Å². The minimum Gasteiger partial charge on any atom is -0.481 e. The van der Waals surface area contributed by atoms with E-state index in [0.717, 1.165) is 0 Å². The number of aliphatic hydroxyl groups is 2. The molecule has 2 saturated heterocycles. The van der Waals surface area contributed by atoms with Crippen LogP contribution in [-0.4, -0.2) is 266 Å². The number of aromatic nitrogens is 2. The zero-order valence-electron chi connectivity index (χ0n) is 57.5. The number of aliphatic imine (C=N–C) groups is 1. The molecule has 1 aromatic heterocycles. The van der Waals surface area contributed by atoms with Gasteiger partial charge in [0.2, 0.25) is 76.8 Å². The summed E-state index contributed by atoms with van der Waals surface area (Å²) in [5.41, 5.74) is 39.2. The van der Waals surface area contributed by atoms with E-state index in [1.165, 1.54) is 36.2 Å². The highest BCUT2D eigenvalue weighted by atomic mass is 16.4. The molecule has 3 rings (SSSR count). The van der Waals surface area contributed by atoms with Gasteiger partial charge in [0.1, 0.15) is 72.5 Å². The molecule has 2 aliphatic rings. The molecule has 0 radical (unpaired) electrons. The van der Waals surface area contributed by atoms with Crippen LogP contribution in [-0.2, 0) is 78.3 Å². The molecule has 572 valence electrons. The van der Waals surface area contributed by atoms with Gasteiger partial charge in [0.25, 0.3) is 0 Å². The molecule has 13 amide bonds. The summed E-state index contributed by atoms with van der Waals surface area (Å²) in [6.07, 6.45) is 3.65. The predicted octanol–water partition coefficient (Wildman–Crippen LogP) is -9.60. The molecular weight excluding hydrogens is 1340 g/mol. The maximum absolute atomic E-state index is 14.6. The number of nitrogens with one attached hydrogen (secondary N) is 11. The molecular formula is C61H104N22O19. The van der Waals surface area contributed by atoms with Crippen LogP contribution in [0.1, 0.15) is 135 Å². The summed E-state index contributed by atoms with van der Waals surface area (Å²) < 4.78 is 0. The summed E-state index contributed by atoms with van der Waals surface area (Å²) in [6.45, 7) is 1.23. The van der Waals surface area contributed by atoms with Gasteiger partial charge >= 0.3 is 11.9 Å². The van der Waals surface area contributed by atoms with Crippen molar-refractivity contribution in [2.75, 3.05) is 52.5 Å². The second-order valence-electron chi connectivity index (χ2n) is 24.8. The first kappa shape index (κ1) is 86.5. The van der Waals surface area contributed by atoms with Crippen molar-refractivity contribution in [2.24, 2.45) is 45.1 Å². The van der Waals surface area contributed by atoms with Crippen molar-refractivity contribution < 1.29 is 92.3 Å². The molecule has 0 aromatic carbocycles. The lowest BCUT2D eigenvalue weighted by Crippen LogP contribution is -2.61. The van der Waals surface area contributed by atoms with Gasteiger partial charge in [-0.25, -0.2) is 9.78 Å². The zero-order valence-corrected chi connectivity index (χ0v) is 57.5. The van der Waals surface area contributed by atoms with Crippen LogP contribution in [0.4, 0.5) is 0 Å². The van der Waals surface area contributed by atoms with Crippen LogP contribution >= 0.6 is 0 Å². The first-order valence-corrected chi connectivity index (χ1v) is 33.9. The third kappa shape index (κ3) is 29.5. The summed E-state index contributed by atoms with van der Waals surface area (Å²) >= 11 is 0. The van der Waals surface area contributed by atoms with E-state index in [0.29, 0.717) is 51.4 Å². The maximum Gasteiger partial charge on any atom is 0.326 e. The topological polar surface area (TPSA) is 687 Å². The van der Waals surface area contributed by atoms with Crippen molar-refractivity contribution in [1.82, 2.24) is 72.9 Å². The van der Waals surface area contributed by atoms with Crippen LogP contribution in [0.5, 0.6) is 0 Å². The fraction of sp³-hybridized carbons (Fsp3) is 0.689. The van der Waals surface area contributed by atoms with Gasteiger partial charge in [0, 0.05) is 44.4 Å². The molecule has 0 aliphatic carbocycles. The lowest BCUT2D eigenvalue weighted by atomic mass is 10.0. The van der Waals surface area contributed by atoms with E-state index in [1.807, 2.05) is 0 Å². The van der Waals surface area contributed by atoms with E-state index in [1.54, 1.807) is 0 Å². The number of unbranched alkanes of at least 4 members (excludes halogenated alkanes) is 3. The van der Waals surface area contributed by atoms with E-state index in [-0.39, 0.29) is 95.9 Å². The number of nitrogens with zero attached hydrogens (tertiary/aromatic N) is 4. The number of primary amides is 1. The highest BCUT2D eigenvalue weighted by molar-refractivity contribution is 6.00. The van der Waals surface area contributed by atoms with Crippen LogP contribution in [0.25, 0.3) is 0 Å². The highest BCUT2D eigenvalue weighted by Crippen LogP contribution is 2.26. The fourth-order valence-corrected chi connectivity index (χ4v) is 11.1. The Balaban J connectivity index is 1.80. The van der Waals surface area contributed by atoms with E-state index in [9.17, 15) is 92.3 Å². The van der Waals surface area contributed by atoms with Crippen LogP contribution in [0, 0.1) is 0 Å². The van der Waals surface area contributed by atoms with E-state index >= 15 is 0 Å². The summed E-state index contributed by atoms with van der Waals surface area (Å²) in [4.78, 5) is 215. The number of hydrogen-bond donors (Lipinski definition) is 22. The smallest absolute Gasteiger partial charge is 0.326 e. The van der Waals surface area contributed by atoms with Gasteiger partial charge in [-0.1, -0.05) is 0 Å². The lowest BCUT2D eigenvalue weighted by molar-refractivity contribution is -0.148. The minimum absolute atomic E-state index is 0.0280. The molecule has 102 heavy (non-hydrogen) atoms. The molecule has 0 saturated carbocycles. The second kappa shape index (κ2) is 45.2. The van der Waals surface area contributed by atoms with Gasteiger partial charge in [-0.15, -0.1) is 0 Å². The average molecular weight is 1450 g/mol. The number of hydrogen-bond acceptors (Lipinski definition) is 23. The third-order valence-electron chi connectivity index (χ3n) is 16.7. The number of carbonyl (C=O) groups excluding carboxylic acids is 13. The molecule has 2 aliphatic heterocycles. The number of aliphatic carboxylic acids is 2. The monoisotopic (exact) mass is 1450 g/mol. The number of H-pyrrole nitrogens is 1. The van der Waals surface area contributed by atoms with Gasteiger partial charge in [-0.05, 0) is 136 Å². The SMILES string of the molecule is C[C@H](N)C(=O)N[C@@H](CC(=O)O)C(=O)N[C@@H](CO)C(=O)N[C@@H](CCC(N)=O)C(=O)N[C@@H](Cc1cnc[nH]1)C(=O)N[C@@H](CO)C(=O)N[C@@H](C)C(=O)N1CCC[C@H]1C(=O)N1CCC[C@H]1C(=O)N[C@@H](CCCCN)C(=O)N[C@@H](CCCCN)C(=O)N[C@@H](CCCCN)C(=O)N[C@@H](CCCN=C(N)N)C(=O)O. The highest BCUT2D eigenvalue weighted by Gasteiger charge is 2.45. The number of carboxylic acid groups (broad SMARTS) is 2. The quantitative estimate of drug-likeness (QED) is 0.0164. The van der Waals surface area contributed by atoms with Gasteiger partial charge in [0.15, 0.2) is 5.96 Å². The van der Waals surface area contributed by atoms with E-state index < -0.39 is 206 Å². The number of carbonyl (C=O) groups is 15. The van der Waals surface area contributed by atoms with Crippen LogP contribution in [0.2, 0.25) is 0 Å². The number of rotatable bonds is 48. The van der Waals surface area contributed by atoms with Gasteiger partial charge in [-0.2, -0.15) is 0 Å². The molecule has 41 heteroatoms. The Morgan fingerprint density at radius 1 is 0.529 bits per heavy atom. The Hall–Kier alpha value is -9.71. The van der Waals surface area contributed by atoms with Crippen molar-refractivity contribution in [3.8, 4) is 0 Å². The molecule has 0 unspecified atom stereocenters. The maximum atomic E-state index is 14.6. The van der Waals surface area contributed by atoms with Gasteiger partial charge < -0.3 is 129 Å². The van der Waals surface area contributed by atoms with Gasteiger partial charge in [0.05, 0.1) is 32.0 Å². The fourth-order valence-electron chi connectivity index (χ4n) is 11.1. The Kier molecular flexibility index (Phi) is 38.4. The van der Waals surface area contributed by atoms with E-state index in [4.69, 9.17) is 40.1 Å². The van der Waals surface area contributed by atoms with Crippen molar-refractivity contribution >= 4 is 94.7 Å². The Labute approximate surface area is 588 Å². The summed E-state index contributed by atoms with van der Waals surface area (Å²) in [7, 11) is 0. The van der Waals surface area contributed by atoms with Crippen molar-refractivity contribution in [3.05, 3.63) is 18.2 Å². The normalized spacial score (nSPS) is 17.3. The van der Waals surface area contributed by atoms with Crippen LogP contribution in [0.15, 0.2) is 17.5 Å². The zero-order chi connectivity index (χ0) is 76.2. The van der Waals surface area contributed by atoms with E-state index in [2.05, 4.69) is 68.1 Å². The number of aliphatic hydroxyl groups excluding tert-OH is 2. The number of imidazole rings is 1. The molecule has 41 nitrogen and oxygen atoms in total. The number of carboxylic acids is 2. The predicted molar refractivity (Wildman–Crippen MR) is 362 cm³/mol. The molecule has 1 aromatic rings. The van der Waals surface area contributed by atoms with Crippen molar-refractivity contribution in [2.45, 2.75) is 214 Å². The summed E-state index contributed by atoms with van der Waals surface area (Å²) in [6, 6.07) is -19.0. The summed E-state index contributed by atoms with van der Waals surface area (Å²) in [5.74, 6) is -15.3. The molecule has 0 spiro atoms.